The molecule has 0 radical (unpaired) electrons. The minimum absolute atomic E-state index is 0.212. The summed E-state index contributed by atoms with van der Waals surface area (Å²) in [4.78, 5) is 11.3. The maximum absolute atomic E-state index is 11.3. The van der Waals surface area contributed by atoms with E-state index in [1.807, 2.05) is 18.2 Å². The molecule has 1 fully saturated rings. The summed E-state index contributed by atoms with van der Waals surface area (Å²) in [5.74, 6) is -0.583. The van der Waals surface area contributed by atoms with Crippen LogP contribution in [0, 0.1) is 5.92 Å². The zero-order chi connectivity index (χ0) is 12.3. The van der Waals surface area contributed by atoms with Crippen molar-refractivity contribution in [1.82, 2.24) is 0 Å². The molecule has 1 aliphatic carbocycles. The quantitative estimate of drug-likeness (QED) is 0.865. The van der Waals surface area contributed by atoms with Crippen LogP contribution in [0.25, 0.3) is 0 Å². The molecule has 1 saturated carbocycles. The molecule has 0 spiro atoms. The molecule has 0 aromatic heterocycles. The number of para-hydroxylation sites is 1. The molecule has 92 valence electrons. The molecule has 2 rings (SSSR count). The summed E-state index contributed by atoms with van der Waals surface area (Å²) in [5, 5.41) is 12.9. The molecule has 1 atom stereocenters. The van der Waals surface area contributed by atoms with Gasteiger partial charge in [-0.3, -0.25) is 0 Å². The van der Waals surface area contributed by atoms with Crippen molar-refractivity contribution in [2.45, 2.75) is 31.7 Å². The monoisotopic (exact) mass is 253 g/mol. The third-order valence-corrected chi connectivity index (χ3v) is 3.65. The molecule has 0 bridgehead atoms. The summed E-state index contributed by atoms with van der Waals surface area (Å²) in [6.45, 7) is 0. The molecule has 0 aliphatic heterocycles. The molecular formula is C13H16ClNO2. The fourth-order valence-electron chi connectivity index (χ4n) is 2.42. The molecule has 4 heteroatoms. The lowest BCUT2D eigenvalue weighted by Crippen LogP contribution is -2.35. The van der Waals surface area contributed by atoms with Crippen molar-refractivity contribution in [2.24, 2.45) is 5.92 Å². The molecular weight excluding hydrogens is 238 g/mol. The second-order valence-electron chi connectivity index (χ2n) is 4.48. The van der Waals surface area contributed by atoms with Crippen LogP contribution in [0.3, 0.4) is 0 Å². The highest BCUT2D eigenvalue weighted by Crippen LogP contribution is 2.31. The van der Waals surface area contributed by atoms with Crippen LogP contribution in [0.15, 0.2) is 24.3 Å². The smallest absolute Gasteiger partial charge is 0.326 e. The third kappa shape index (κ3) is 2.91. The molecule has 1 unspecified atom stereocenters. The largest absolute Gasteiger partial charge is 0.480 e. The maximum Gasteiger partial charge on any atom is 0.326 e. The first kappa shape index (κ1) is 12.2. The lowest BCUT2D eigenvalue weighted by molar-refractivity contribution is -0.139. The predicted octanol–water partition coefficient (Wildman–Crippen LogP) is 3.40. The lowest BCUT2D eigenvalue weighted by Gasteiger charge is -2.22. The third-order valence-electron chi connectivity index (χ3n) is 3.32. The number of carbonyl (C=O) groups is 1. The lowest BCUT2D eigenvalue weighted by atomic mass is 9.98. The zero-order valence-electron chi connectivity index (χ0n) is 9.53. The van der Waals surface area contributed by atoms with Crippen LogP contribution in [0.5, 0.6) is 0 Å². The molecule has 1 aliphatic rings. The van der Waals surface area contributed by atoms with Gasteiger partial charge < -0.3 is 10.4 Å². The number of carboxylic acids is 1. The number of nitrogens with one attached hydrogen (secondary N) is 1. The van der Waals surface area contributed by atoms with Gasteiger partial charge in [-0.2, -0.15) is 0 Å². The number of hydrogen-bond acceptors (Lipinski definition) is 2. The van der Waals surface area contributed by atoms with Crippen LogP contribution in [-0.4, -0.2) is 17.1 Å². The Hall–Kier alpha value is -1.22. The fraction of sp³-hybridized carbons (Fsp3) is 0.462. The Morgan fingerprint density at radius 3 is 2.59 bits per heavy atom. The van der Waals surface area contributed by atoms with Gasteiger partial charge in [0.05, 0.1) is 10.7 Å². The van der Waals surface area contributed by atoms with Crippen molar-refractivity contribution in [2.75, 3.05) is 5.32 Å². The van der Waals surface area contributed by atoms with Gasteiger partial charge in [-0.05, 0) is 30.9 Å². The predicted molar refractivity (Wildman–Crippen MR) is 68.5 cm³/mol. The Morgan fingerprint density at radius 2 is 2.00 bits per heavy atom. The van der Waals surface area contributed by atoms with Gasteiger partial charge in [0, 0.05) is 0 Å². The van der Waals surface area contributed by atoms with Gasteiger partial charge in [-0.15, -0.1) is 0 Å². The molecule has 0 saturated heterocycles. The average Bonchev–Trinajstić information content (AvgIpc) is 2.81. The van der Waals surface area contributed by atoms with E-state index in [2.05, 4.69) is 5.32 Å². The first-order valence-corrected chi connectivity index (χ1v) is 6.30. The van der Waals surface area contributed by atoms with Crippen LogP contribution in [-0.2, 0) is 4.79 Å². The normalized spacial score (nSPS) is 17.9. The molecule has 3 nitrogen and oxygen atoms in total. The number of hydrogen-bond donors (Lipinski definition) is 2. The summed E-state index contributed by atoms with van der Waals surface area (Å²) in [7, 11) is 0. The van der Waals surface area contributed by atoms with E-state index in [-0.39, 0.29) is 5.92 Å². The van der Waals surface area contributed by atoms with E-state index >= 15 is 0 Å². The Kier molecular flexibility index (Phi) is 3.89. The molecule has 0 heterocycles. The minimum atomic E-state index is -0.795. The number of benzene rings is 1. The number of aliphatic carboxylic acids is 1. The van der Waals surface area contributed by atoms with E-state index in [0.29, 0.717) is 10.7 Å². The summed E-state index contributed by atoms with van der Waals surface area (Å²) >= 11 is 6.02. The van der Waals surface area contributed by atoms with Crippen LogP contribution < -0.4 is 5.32 Å². The van der Waals surface area contributed by atoms with Gasteiger partial charge in [0.15, 0.2) is 0 Å². The van der Waals surface area contributed by atoms with Crippen molar-refractivity contribution >= 4 is 23.3 Å². The highest BCUT2D eigenvalue weighted by atomic mass is 35.5. The first-order valence-electron chi connectivity index (χ1n) is 5.92. The van der Waals surface area contributed by atoms with Crippen LogP contribution in [0.4, 0.5) is 5.69 Å². The van der Waals surface area contributed by atoms with Gasteiger partial charge in [0.2, 0.25) is 0 Å². The van der Waals surface area contributed by atoms with Gasteiger partial charge in [-0.25, -0.2) is 4.79 Å². The van der Waals surface area contributed by atoms with Gasteiger partial charge in [0.1, 0.15) is 6.04 Å². The summed E-state index contributed by atoms with van der Waals surface area (Å²) in [6, 6.07) is 6.73. The van der Waals surface area contributed by atoms with Crippen molar-refractivity contribution in [3.8, 4) is 0 Å². The standard InChI is InChI=1S/C13H16ClNO2/c14-10-7-3-4-8-11(10)15-12(13(16)17)9-5-1-2-6-9/h3-4,7-9,12,15H,1-2,5-6H2,(H,16,17). The number of rotatable bonds is 4. The van der Waals surface area contributed by atoms with E-state index in [1.54, 1.807) is 6.07 Å². The second-order valence-corrected chi connectivity index (χ2v) is 4.89. The van der Waals surface area contributed by atoms with E-state index < -0.39 is 12.0 Å². The second kappa shape index (κ2) is 5.41. The molecule has 0 amide bonds. The highest BCUT2D eigenvalue weighted by molar-refractivity contribution is 6.33. The maximum atomic E-state index is 11.3. The van der Waals surface area contributed by atoms with Gasteiger partial charge >= 0.3 is 5.97 Å². The van der Waals surface area contributed by atoms with Crippen molar-refractivity contribution in [3.05, 3.63) is 29.3 Å². The first-order chi connectivity index (χ1) is 8.18. The zero-order valence-corrected chi connectivity index (χ0v) is 10.3. The summed E-state index contributed by atoms with van der Waals surface area (Å²) in [5.41, 5.74) is 0.702. The van der Waals surface area contributed by atoms with Gasteiger partial charge in [-0.1, -0.05) is 36.6 Å². The topological polar surface area (TPSA) is 49.3 Å². The van der Waals surface area contributed by atoms with E-state index in [9.17, 15) is 9.90 Å². The average molecular weight is 254 g/mol. The van der Waals surface area contributed by atoms with E-state index in [4.69, 9.17) is 11.6 Å². The number of carboxylic acid groups (broad SMARTS) is 1. The Labute approximate surface area is 106 Å². The van der Waals surface area contributed by atoms with Crippen molar-refractivity contribution < 1.29 is 9.90 Å². The van der Waals surface area contributed by atoms with E-state index in [1.165, 1.54) is 0 Å². The fourth-order valence-corrected chi connectivity index (χ4v) is 2.61. The molecule has 17 heavy (non-hydrogen) atoms. The number of halogens is 1. The van der Waals surface area contributed by atoms with Gasteiger partial charge in [0.25, 0.3) is 0 Å². The van der Waals surface area contributed by atoms with Crippen LogP contribution >= 0.6 is 11.6 Å². The van der Waals surface area contributed by atoms with Crippen molar-refractivity contribution in [1.29, 1.82) is 0 Å². The minimum Gasteiger partial charge on any atom is -0.480 e. The Morgan fingerprint density at radius 1 is 1.35 bits per heavy atom. The molecule has 1 aromatic rings. The SMILES string of the molecule is O=C(O)C(Nc1ccccc1Cl)C1CCCC1. The van der Waals surface area contributed by atoms with Crippen LogP contribution in [0.1, 0.15) is 25.7 Å². The van der Waals surface area contributed by atoms with Crippen molar-refractivity contribution in [3.63, 3.8) is 0 Å². The Bertz CT molecular complexity index is 402. The number of anilines is 1. The Balaban J connectivity index is 2.12. The van der Waals surface area contributed by atoms with E-state index in [0.717, 1.165) is 25.7 Å². The highest BCUT2D eigenvalue weighted by Gasteiger charge is 2.30. The molecule has 1 aromatic carbocycles. The summed E-state index contributed by atoms with van der Waals surface area (Å²) in [6.07, 6.45) is 4.21. The van der Waals surface area contributed by atoms with Crippen LogP contribution in [0.2, 0.25) is 5.02 Å². The molecule has 2 N–H and O–H groups in total. The summed E-state index contributed by atoms with van der Waals surface area (Å²) < 4.78 is 0.